The lowest BCUT2D eigenvalue weighted by atomic mass is 10.0. The molecule has 1 aliphatic heterocycles. The molecule has 2 atom stereocenters. The van der Waals surface area contributed by atoms with Gasteiger partial charge in [-0.15, -0.1) is 15.3 Å². The van der Waals surface area contributed by atoms with E-state index in [2.05, 4.69) is 35.6 Å². The average Bonchev–Trinajstić information content (AvgIpc) is 3.49. The minimum Gasteiger partial charge on any atom is -0.497 e. The highest BCUT2D eigenvalue weighted by Gasteiger charge is 2.26. The zero-order chi connectivity index (χ0) is 23.2. The SMILES string of the molecule is COc1cc(OC)cc([C@H](OC)C(=O)Cc2nnc(N[C@@H]3CCN(c4nccnn4)C3)s2)c1. The van der Waals surface area contributed by atoms with Crippen molar-refractivity contribution >= 4 is 28.2 Å². The molecule has 2 aromatic heterocycles. The van der Waals surface area contributed by atoms with Gasteiger partial charge >= 0.3 is 0 Å². The third-order valence-electron chi connectivity index (χ3n) is 5.27. The van der Waals surface area contributed by atoms with Crippen LogP contribution in [0.25, 0.3) is 0 Å². The molecule has 0 aliphatic carbocycles. The number of methoxy groups -OCH3 is 3. The van der Waals surface area contributed by atoms with Crippen molar-refractivity contribution in [3.8, 4) is 11.5 Å². The molecule has 1 aliphatic rings. The molecule has 0 radical (unpaired) electrons. The number of benzene rings is 1. The molecule has 0 saturated carbocycles. The van der Waals surface area contributed by atoms with E-state index in [-0.39, 0.29) is 18.2 Å². The van der Waals surface area contributed by atoms with Gasteiger partial charge in [0.15, 0.2) is 5.78 Å². The first-order chi connectivity index (χ1) is 16.1. The molecule has 12 heteroatoms. The van der Waals surface area contributed by atoms with Gasteiger partial charge in [0.2, 0.25) is 11.1 Å². The number of ether oxygens (including phenoxy) is 3. The van der Waals surface area contributed by atoms with Crippen LogP contribution in [-0.4, -0.2) is 71.6 Å². The highest BCUT2D eigenvalue weighted by atomic mass is 32.1. The van der Waals surface area contributed by atoms with Gasteiger partial charge in [-0.2, -0.15) is 5.10 Å². The maximum absolute atomic E-state index is 13.0. The lowest BCUT2D eigenvalue weighted by molar-refractivity contribution is -0.128. The normalized spacial score (nSPS) is 16.5. The standard InChI is InChI=1S/C21H25N7O4S/c1-30-15-8-13(9-16(10-15)31-2)19(32-3)17(29)11-18-25-27-21(33-18)24-14-4-7-28(12-14)20-22-5-6-23-26-20/h5-6,8-10,14,19H,4,7,11-12H2,1-3H3,(H,24,27)/t14-,19+/m1/s1. The summed E-state index contributed by atoms with van der Waals surface area (Å²) in [7, 11) is 4.62. The molecule has 1 N–H and O–H groups in total. The predicted molar refractivity (Wildman–Crippen MR) is 122 cm³/mol. The Labute approximate surface area is 195 Å². The summed E-state index contributed by atoms with van der Waals surface area (Å²) in [4.78, 5) is 19.3. The average molecular weight is 472 g/mol. The lowest BCUT2D eigenvalue weighted by Gasteiger charge is -2.16. The molecule has 0 spiro atoms. The summed E-state index contributed by atoms with van der Waals surface area (Å²) in [6.45, 7) is 1.57. The first-order valence-corrected chi connectivity index (χ1v) is 11.2. The number of hydrogen-bond donors (Lipinski definition) is 1. The highest BCUT2D eigenvalue weighted by molar-refractivity contribution is 7.15. The van der Waals surface area contributed by atoms with Crippen molar-refractivity contribution in [2.75, 3.05) is 44.6 Å². The fraction of sp³-hybridized carbons (Fsp3) is 0.429. The topological polar surface area (TPSA) is 124 Å². The second kappa shape index (κ2) is 10.5. The summed E-state index contributed by atoms with van der Waals surface area (Å²) < 4.78 is 16.1. The van der Waals surface area contributed by atoms with E-state index in [1.807, 2.05) is 0 Å². The molecule has 0 amide bonds. The first kappa shape index (κ1) is 22.8. The van der Waals surface area contributed by atoms with Gasteiger partial charge in [0.25, 0.3) is 0 Å². The number of Topliss-reactive ketones (excluding diaryl/α,β-unsaturated/α-hetero) is 1. The molecular weight excluding hydrogens is 446 g/mol. The maximum atomic E-state index is 13.0. The van der Waals surface area contributed by atoms with Crippen molar-refractivity contribution in [1.82, 2.24) is 25.4 Å². The van der Waals surface area contributed by atoms with Gasteiger partial charge in [-0.25, -0.2) is 4.98 Å². The number of carbonyl (C=O) groups excluding carboxylic acids is 1. The fourth-order valence-electron chi connectivity index (χ4n) is 3.68. The van der Waals surface area contributed by atoms with Crippen molar-refractivity contribution in [3.05, 3.63) is 41.2 Å². The van der Waals surface area contributed by atoms with E-state index in [0.717, 1.165) is 19.5 Å². The van der Waals surface area contributed by atoms with Crippen LogP contribution in [0, 0.1) is 0 Å². The Balaban J connectivity index is 1.37. The molecule has 4 rings (SSSR count). The van der Waals surface area contributed by atoms with E-state index >= 15 is 0 Å². The number of ketones is 1. The van der Waals surface area contributed by atoms with Crippen LogP contribution in [-0.2, 0) is 16.0 Å². The van der Waals surface area contributed by atoms with Crippen LogP contribution < -0.4 is 19.7 Å². The van der Waals surface area contributed by atoms with Gasteiger partial charge in [-0.1, -0.05) is 11.3 Å². The molecule has 1 saturated heterocycles. The van der Waals surface area contributed by atoms with Crippen LogP contribution in [0.15, 0.2) is 30.6 Å². The number of hydrogen-bond acceptors (Lipinski definition) is 12. The lowest BCUT2D eigenvalue weighted by Crippen LogP contribution is -2.27. The van der Waals surface area contributed by atoms with Crippen molar-refractivity contribution in [1.29, 1.82) is 0 Å². The summed E-state index contributed by atoms with van der Waals surface area (Å²) >= 11 is 1.36. The van der Waals surface area contributed by atoms with E-state index in [9.17, 15) is 4.79 Å². The van der Waals surface area contributed by atoms with Gasteiger partial charge in [0, 0.05) is 32.3 Å². The Kier molecular flexibility index (Phi) is 7.25. The van der Waals surface area contributed by atoms with Crippen molar-refractivity contribution < 1.29 is 19.0 Å². The number of nitrogens with one attached hydrogen (secondary N) is 1. The predicted octanol–water partition coefficient (Wildman–Crippen LogP) is 1.93. The third kappa shape index (κ3) is 5.52. The Morgan fingerprint density at radius 1 is 1.15 bits per heavy atom. The Bertz CT molecular complexity index is 1060. The van der Waals surface area contributed by atoms with E-state index in [4.69, 9.17) is 14.2 Å². The Hall–Kier alpha value is -3.38. The molecule has 174 valence electrons. The molecule has 11 nitrogen and oxygen atoms in total. The summed E-state index contributed by atoms with van der Waals surface area (Å²) in [5.74, 6) is 1.66. The van der Waals surface area contributed by atoms with Crippen LogP contribution in [0.5, 0.6) is 11.5 Å². The van der Waals surface area contributed by atoms with Crippen molar-refractivity contribution in [2.24, 2.45) is 0 Å². The van der Waals surface area contributed by atoms with Crippen LogP contribution in [0.2, 0.25) is 0 Å². The zero-order valence-corrected chi connectivity index (χ0v) is 19.4. The fourth-order valence-corrected chi connectivity index (χ4v) is 4.51. The summed E-state index contributed by atoms with van der Waals surface area (Å²) in [6.07, 6.45) is 3.44. The van der Waals surface area contributed by atoms with Gasteiger partial charge in [0.05, 0.1) is 33.0 Å². The van der Waals surface area contributed by atoms with E-state index < -0.39 is 6.10 Å². The third-order valence-corrected chi connectivity index (χ3v) is 6.12. The first-order valence-electron chi connectivity index (χ1n) is 10.4. The molecule has 1 fully saturated rings. The van der Waals surface area contributed by atoms with Crippen LogP contribution in [0.4, 0.5) is 11.1 Å². The quantitative estimate of drug-likeness (QED) is 0.466. The Morgan fingerprint density at radius 2 is 1.94 bits per heavy atom. The number of nitrogens with zero attached hydrogens (tertiary/aromatic N) is 6. The number of anilines is 2. The second-order valence-electron chi connectivity index (χ2n) is 7.42. The van der Waals surface area contributed by atoms with Crippen LogP contribution >= 0.6 is 11.3 Å². The number of carbonyl (C=O) groups is 1. The number of aromatic nitrogens is 5. The van der Waals surface area contributed by atoms with Crippen molar-refractivity contribution in [2.45, 2.75) is 25.0 Å². The van der Waals surface area contributed by atoms with Crippen LogP contribution in [0.3, 0.4) is 0 Å². The van der Waals surface area contributed by atoms with Crippen molar-refractivity contribution in [3.63, 3.8) is 0 Å². The molecule has 3 heterocycles. The highest BCUT2D eigenvalue weighted by Crippen LogP contribution is 2.30. The number of rotatable bonds is 10. The molecule has 0 unspecified atom stereocenters. The molecule has 33 heavy (non-hydrogen) atoms. The second-order valence-corrected chi connectivity index (χ2v) is 8.49. The molecular formula is C21H25N7O4S. The molecule has 0 bridgehead atoms. The summed E-state index contributed by atoms with van der Waals surface area (Å²) in [5.41, 5.74) is 0.658. The van der Waals surface area contributed by atoms with E-state index in [1.54, 1.807) is 44.8 Å². The van der Waals surface area contributed by atoms with E-state index in [1.165, 1.54) is 18.4 Å². The molecule has 3 aromatic rings. The largest absolute Gasteiger partial charge is 0.497 e. The zero-order valence-electron chi connectivity index (χ0n) is 18.6. The molecule has 1 aromatic carbocycles. The van der Waals surface area contributed by atoms with Gasteiger partial charge in [0.1, 0.15) is 22.6 Å². The monoisotopic (exact) mass is 471 g/mol. The van der Waals surface area contributed by atoms with Gasteiger partial charge < -0.3 is 24.4 Å². The summed E-state index contributed by atoms with van der Waals surface area (Å²) in [6, 6.07) is 5.45. The van der Waals surface area contributed by atoms with Crippen LogP contribution in [0.1, 0.15) is 23.1 Å². The van der Waals surface area contributed by atoms with Gasteiger partial charge in [-0.05, 0) is 24.1 Å². The maximum Gasteiger partial charge on any atom is 0.245 e. The smallest absolute Gasteiger partial charge is 0.245 e. The minimum atomic E-state index is -0.766. The summed E-state index contributed by atoms with van der Waals surface area (Å²) in [5, 5.41) is 21.0. The minimum absolute atomic E-state index is 0.109. The Morgan fingerprint density at radius 3 is 2.61 bits per heavy atom. The van der Waals surface area contributed by atoms with Gasteiger partial charge in [-0.3, -0.25) is 4.79 Å². The van der Waals surface area contributed by atoms with E-state index in [0.29, 0.717) is 33.1 Å².